The number of rotatable bonds is 6. The molecule has 6 nitrogen and oxygen atoms in total. The normalized spacial score (nSPS) is 11.0. The van der Waals surface area contributed by atoms with Crippen LogP contribution in [0.4, 0.5) is 5.69 Å². The van der Waals surface area contributed by atoms with E-state index < -0.39 is 10.0 Å². The lowest BCUT2D eigenvalue weighted by molar-refractivity contribution is 0.395. The second-order valence-electron chi connectivity index (χ2n) is 3.36. The summed E-state index contributed by atoms with van der Waals surface area (Å²) < 4.78 is 31.7. The van der Waals surface area contributed by atoms with Crippen molar-refractivity contribution in [2.24, 2.45) is 5.14 Å². The van der Waals surface area contributed by atoms with Gasteiger partial charge in [-0.1, -0.05) is 0 Å². The van der Waals surface area contributed by atoms with Crippen LogP contribution in [0.15, 0.2) is 18.2 Å². The van der Waals surface area contributed by atoms with Crippen LogP contribution in [0.1, 0.15) is 0 Å². The van der Waals surface area contributed by atoms with Crippen molar-refractivity contribution in [3.8, 4) is 11.5 Å². The Balaban J connectivity index is 2.70. The Hall–Kier alpha value is -1.47. The van der Waals surface area contributed by atoms with Crippen LogP contribution in [0.3, 0.4) is 0 Å². The predicted octanol–water partition coefficient (Wildman–Crippen LogP) is 0.404. The van der Waals surface area contributed by atoms with Gasteiger partial charge >= 0.3 is 0 Å². The summed E-state index contributed by atoms with van der Waals surface area (Å²) in [4.78, 5) is 0. The molecule has 0 spiro atoms. The van der Waals surface area contributed by atoms with Crippen molar-refractivity contribution in [2.75, 3.05) is 31.8 Å². The van der Waals surface area contributed by atoms with Gasteiger partial charge in [0.2, 0.25) is 10.0 Å². The molecule has 0 amide bonds. The molecule has 0 heterocycles. The fourth-order valence-electron chi connectivity index (χ4n) is 1.27. The van der Waals surface area contributed by atoms with E-state index in [0.717, 1.165) is 0 Å². The zero-order chi connectivity index (χ0) is 12.9. The Morgan fingerprint density at radius 2 is 2.00 bits per heavy atom. The molecule has 0 saturated carbocycles. The summed E-state index contributed by atoms with van der Waals surface area (Å²) in [6.45, 7) is 0.224. The summed E-state index contributed by atoms with van der Waals surface area (Å²) in [6, 6.07) is 5.21. The van der Waals surface area contributed by atoms with Gasteiger partial charge in [-0.3, -0.25) is 0 Å². The maximum absolute atomic E-state index is 10.8. The second kappa shape index (κ2) is 5.74. The first-order chi connectivity index (χ1) is 7.96. The zero-order valence-electron chi connectivity index (χ0n) is 9.76. The summed E-state index contributed by atoms with van der Waals surface area (Å²) in [7, 11) is -0.369. The van der Waals surface area contributed by atoms with Gasteiger partial charge < -0.3 is 14.8 Å². The molecule has 1 rings (SSSR count). The van der Waals surface area contributed by atoms with E-state index in [1.165, 1.54) is 7.11 Å². The number of hydrogen-bond donors (Lipinski definition) is 2. The van der Waals surface area contributed by atoms with Crippen LogP contribution in [0, 0.1) is 0 Å². The van der Waals surface area contributed by atoms with Crippen molar-refractivity contribution < 1.29 is 17.9 Å². The molecule has 0 aliphatic heterocycles. The van der Waals surface area contributed by atoms with Crippen LogP contribution in [-0.2, 0) is 10.0 Å². The van der Waals surface area contributed by atoms with Gasteiger partial charge in [0.15, 0.2) is 0 Å². The molecule has 17 heavy (non-hydrogen) atoms. The van der Waals surface area contributed by atoms with Gasteiger partial charge in [-0.2, -0.15) is 0 Å². The SMILES string of the molecule is COc1ccc(NCCS(N)(=O)=O)c(OC)c1. The quantitative estimate of drug-likeness (QED) is 0.772. The Morgan fingerprint density at radius 3 is 2.53 bits per heavy atom. The third kappa shape index (κ3) is 4.49. The smallest absolute Gasteiger partial charge is 0.210 e. The van der Waals surface area contributed by atoms with Gasteiger partial charge in [0.25, 0.3) is 0 Å². The molecule has 0 aliphatic rings. The maximum atomic E-state index is 10.8. The minimum atomic E-state index is -3.45. The van der Waals surface area contributed by atoms with Crippen LogP contribution in [0.5, 0.6) is 11.5 Å². The highest BCUT2D eigenvalue weighted by Gasteiger charge is 2.06. The van der Waals surface area contributed by atoms with E-state index in [1.807, 2.05) is 0 Å². The highest BCUT2D eigenvalue weighted by atomic mass is 32.2. The summed E-state index contributed by atoms with van der Waals surface area (Å²) in [5, 5.41) is 7.83. The summed E-state index contributed by atoms with van der Waals surface area (Å²) >= 11 is 0. The number of nitrogens with one attached hydrogen (secondary N) is 1. The molecule has 1 aromatic carbocycles. The minimum absolute atomic E-state index is 0.137. The summed E-state index contributed by atoms with van der Waals surface area (Å²) in [5.41, 5.74) is 0.692. The average Bonchev–Trinajstić information content (AvgIpc) is 2.27. The van der Waals surface area contributed by atoms with Crippen molar-refractivity contribution in [1.29, 1.82) is 0 Å². The first-order valence-electron chi connectivity index (χ1n) is 4.92. The number of methoxy groups -OCH3 is 2. The minimum Gasteiger partial charge on any atom is -0.497 e. The maximum Gasteiger partial charge on any atom is 0.210 e. The fourth-order valence-corrected chi connectivity index (χ4v) is 1.66. The molecule has 7 heteroatoms. The summed E-state index contributed by atoms with van der Waals surface area (Å²) in [6.07, 6.45) is 0. The van der Waals surface area contributed by atoms with Gasteiger partial charge in [0.05, 0.1) is 25.7 Å². The molecule has 96 valence electrons. The fraction of sp³-hybridized carbons (Fsp3) is 0.400. The van der Waals surface area contributed by atoms with Crippen molar-refractivity contribution in [1.82, 2.24) is 0 Å². The third-order valence-corrected chi connectivity index (χ3v) is 2.88. The lowest BCUT2D eigenvalue weighted by Crippen LogP contribution is -2.22. The van der Waals surface area contributed by atoms with Crippen molar-refractivity contribution in [3.63, 3.8) is 0 Å². The number of primary sulfonamides is 1. The Bertz CT molecular complexity index is 473. The highest BCUT2D eigenvalue weighted by molar-refractivity contribution is 7.89. The van der Waals surface area contributed by atoms with E-state index in [0.29, 0.717) is 17.2 Å². The number of nitrogens with two attached hydrogens (primary N) is 1. The number of benzene rings is 1. The van der Waals surface area contributed by atoms with Crippen molar-refractivity contribution in [3.05, 3.63) is 18.2 Å². The molecule has 3 N–H and O–H groups in total. The standard InChI is InChI=1S/C10H16N2O4S/c1-15-8-3-4-9(10(7-8)16-2)12-5-6-17(11,13)14/h3-4,7,12H,5-6H2,1-2H3,(H2,11,13,14). The Kier molecular flexibility index (Phi) is 4.59. The van der Waals surface area contributed by atoms with E-state index in [9.17, 15) is 8.42 Å². The molecule has 0 atom stereocenters. The van der Waals surface area contributed by atoms with Crippen molar-refractivity contribution in [2.45, 2.75) is 0 Å². The summed E-state index contributed by atoms with van der Waals surface area (Å²) in [5.74, 6) is 1.11. The highest BCUT2D eigenvalue weighted by Crippen LogP contribution is 2.28. The Labute approximate surface area is 101 Å². The van der Waals surface area contributed by atoms with Crippen LogP contribution >= 0.6 is 0 Å². The molecule has 0 unspecified atom stereocenters. The molecule has 0 fully saturated rings. The largest absolute Gasteiger partial charge is 0.497 e. The van der Waals surface area contributed by atoms with Gasteiger partial charge in [-0.25, -0.2) is 13.6 Å². The van der Waals surface area contributed by atoms with Crippen LogP contribution in [0.25, 0.3) is 0 Å². The first kappa shape index (κ1) is 13.6. The van der Waals surface area contributed by atoms with Gasteiger partial charge in [-0.05, 0) is 12.1 Å². The van der Waals surface area contributed by atoms with Crippen LogP contribution < -0.4 is 19.9 Å². The predicted molar refractivity (Wildman–Crippen MR) is 66.0 cm³/mol. The molecule has 0 aliphatic carbocycles. The molecule has 0 radical (unpaired) electrons. The number of ether oxygens (including phenoxy) is 2. The Morgan fingerprint density at radius 1 is 1.29 bits per heavy atom. The topological polar surface area (TPSA) is 90.6 Å². The third-order valence-electron chi connectivity index (χ3n) is 2.11. The van der Waals surface area contributed by atoms with Crippen LogP contribution in [-0.4, -0.2) is 34.9 Å². The zero-order valence-corrected chi connectivity index (χ0v) is 10.6. The van der Waals surface area contributed by atoms with E-state index >= 15 is 0 Å². The lowest BCUT2D eigenvalue weighted by atomic mass is 10.2. The molecule has 0 saturated heterocycles. The monoisotopic (exact) mass is 260 g/mol. The van der Waals surface area contributed by atoms with E-state index in [4.69, 9.17) is 14.6 Å². The van der Waals surface area contributed by atoms with Gasteiger partial charge in [0.1, 0.15) is 11.5 Å². The van der Waals surface area contributed by atoms with E-state index in [1.54, 1.807) is 25.3 Å². The number of hydrogen-bond acceptors (Lipinski definition) is 5. The molecular formula is C10H16N2O4S. The van der Waals surface area contributed by atoms with Gasteiger partial charge in [-0.15, -0.1) is 0 Å². The molecule has 0 aromatic heterocycles. The first-order valence-corrected chi connectivity index (χ1v) is 6.64. The van der Waals surface area contributed by atoms with E-state index in [-0.39, 0.29) is 12.3 Å². The van der Waals surface area contributed by atoms with E-state index in [2.05, 4.69) is 5.32 Å². The second-order valence-corrected chi connectivity index (χ2v) is 5.09. The molecule has 0 bridgehead atoms. The number of sulfonamides is 1. The van der Waals surface area contributed by atoms with Crippen molar-refractivity contribution >= 4 is 15.7 Å². The average molecular weight is 260 g/mol. The number of anilines is 1. The van der Waals surface area contributed by atoms with Crippen LogP contribution in [0.2, 0.25) is 0 Å². The lowest BCUT2D eigenvalue weighted by Gasteiger charge is -2.11. The molecular weight excluding hydrogens is 244 g/mol. The van der Waals surface area contributed by atoms with Gasteiger partial charge in [0, 0.05) is 12.6 Å². The molecule has 1 aromatic rings.